The summed E-state index contributed by atoms with van der Waals surface area (Å²) in [4.78, 5) is 23.4. The minimum atomic E-state index is -0.834. The van der Waals surface area contributed by atoms with Crippen LogP contribution in [0.5, 0.6) is 0 Å². The van der Waals surface area contributed by atoms with Crippen molar-refractivity contribution >= 4 is 39.6 Å². The molecule has 0 fully saturated rings. The summed E-state index contributed by atoms with van der Waals surface area (Å²) in [6.45, 7) is 4.03. The number of thioether (sulfide) groups is 1. The molecule has 6 heteroatoms. The number of aryl methyl sites for hydroxylation is 1. The SMILES string of the molecule is Cc1cc(Br)ccc1SCC(=O)NCCC(C)C(=O)O. The highest BCUT2D eigenvalue weighted by molar-refractivity contribution is 9.10. The third kappa shape index (κ3) is 5.96. The largest absolute Gasteiger partial charge is 0.481 e. The van der Waals surface area contributed by atoms with E-state index < -0.39 is 11.9 Å². The molecule has 0 aliphatic heterocycles. The van der Waals surface area contributed by atoms with E-state index in [1.165, 1.54) is 11.8 Å². The minimum absolute atomic E-state index is 0.0742. The van der Waals surface area contributed by atoms with Gasteiger partial charge in [0.2, 0.25) is 5.91 Å². The standard InChI is InChI=1S/C14H18BrNO3S/c1-9(14(18)19)5-6-16-13(17)8-20-12-4-3-11(15)7-10(12)2/h3-4,7,9H,5-6,8H2,1-2H3,(H,16,17)(H,18,19). The molecular formula is C14H18BrNO3S. The molecule has 1 amide bonds. The number of carbonyl (C=O) groups is 2. The van der Waals surface area contributed by atoms with E-state index in [0.29, 0.717) is 18.7 Å². The van der Waals surface area contributed by atoms with Crippen LogP contribution < -0.4 is 5.32 Å². The van der Waals surface area contributed by atoms with Gasteiger partial charge in [0.25, 0.3) is 0 Å². The fraction of sp³-hybridized carbons (Fsp3) is 0.429. The second kappa shape index (κ2) is 8.32. The predicted molar refractivity (Wildman–Crippen MR) is 84.0 cm³/mol. The van der Waals surface area contributed by atoms with Gasteiger partial charge in [0.1, 0.15) is 0 Å². The van der Waals surface area contributed by atoms with E-state index in [1.54, 1.807) is 6.92 Å². The lowest BCUT2D eigenvalue weighted by molar-refractivity contribution is -0.141. The topological polar surface area (TPSA) is 66.4 Å². The zero-order chi connectivity index (χ0) is 15.1. The van der Waals surface area contributed by atoms with Crippen LogP contribution in [-0.2, 0) is 9.59 Å². The Balaban J connectivity index is 2.31. The number of hydrogen-bond acceptors (Lipinski definition) is 3. The summed E-state index contributed by atoms with van der Waals surface area (Å²) in [6.07, 6.45) is 0.447. The number of halogens is 1. The Morgan fingerprint density at radius 3 is 2.75 bits per heavy atom. The van der Waals surface area contributed by atoms with Gasteiger partial charge in [-0.3, -0.25) is 9.59 Å². The summed E-state index contributed by atoms with van der Waals surface area (Å²) < 4.78 is 1.02. The number of aliphatic carboxylic acids is 1. The number of amides is 1. The van der Waals surface area contributed by atoms with Crippen LogP contribution in [0, 0.1) is 12.8 Å². The zero-order valence-electron chi connectivity index (χ0n) is 11.5. The monoisotopic (exact) mass is 359 g/mol. The Morgan fingerprint density at radius 2 is 2.15 bits per heavy atom. The number of carboxylic acid groups (broad SMARTS) is 1. The van der Waals surface area contributed by atoms with Crippen LogP contribution in [0.4, 0.5) is 0 Å². The van der Waals surface area contributed by atoms with Crippen LogP contribution >= 0.6 is 27.7 Å². The van der Waals surface area contributed by atoms with Crippen LogP contribution in [0.3, 0.4) is 0 Å². The Hall–Kier alpha value is -1.01. The summed E-state index contributed by atoms with van der Waals surface area (Å²) in [5, 5.41) is 11.5. The lowest BCUT2D eigenvalue weighted by Crippen LogP contribution is -2.28. The van der Waals surface area contributed by atoms with Crippen molar-refractivity contribution in [1.29, 1.82) is 0 Å². The van der Waals surface area contributed by atoms with Gasteiger partial charge in [0, 0.05) is 15.9 Å². The van der Waals surface area contributed by atoms with Crippen molar-refractivity contribution in [3.8, 4) is 0 Å². The molecule has 1 aromatic rings. The van der Waals surface area contributed by atoms with Crippen molar-refractivity contribution in [1.82, 2.24) is 5.32 Å². The highest BCUT2D eigenvalue weighted by atomic mass is 79.9. The molecule has 0 aromatic heterocycles. The predicted octanol–water partition coefficient (Wildman–Crippen LogP) is 3.08. The molecule has 1 unspecified atom stereocenters. The Kier molecular flexibility index (Phi) is 7.09. The minimum Gasteiger partial charge on any atom is -0.481 e. The second-order valence-electron chi connectivity index (χ2n) is 4.58. The van der Waals surface area contributed by atoms with Crippen molar-refractivity contribution in [2.75, 3.05) is 12.3 Å². The first-order valence-electron chi connectivity index (χ1n) is 6.28. The number of carbonyl (C=O) groups excluding carboxylic acids is 1. The summed E-state index contributed by atoms with van der Waals surface area (Å²) in [5.41, 5.74) is 1.12. The molecule has 20 heavy (non-hydrogen) atoms. The summed E-state index contributed by atoms with van der Waals surface area (Å²) in [7, 11) is 0. The Labute approximate surface area is 131 Å². The summed E-state index contributed by atoms with van der Waals surface area (Å²) >= 11 is 4.88. The molecule has 0 heterocycles. The van der Waals surface area contributed by atoms with Gasteiger partial charge in [-0.1, -0.05) is 22.9 Å². The Morgan fingerprint density at radius 1 is 1.45 bits per heavy atom. The van der Waals surface area contributed by atoms with Gasteiger partial charge >= 0.3 is 5.97 Å². The first kappa shape index (κ1) is 17.0. The first-order valence-corrected chi connectivity index (χ1v) is 8.06. The van der Waals surface area contributed by atoms with Crippen LogP contribution in [0.15, 0.2) is 27.6 Å². The first-order chi connectivity index (χ1) is 9.40. The number of rotatable bonds is 7. The van der Waals surface area contributed by atoms with Gasteiger partial charge in [0.15, 0.2) is 0 Å². The smallest absolute Gasteiger partial charge is 0.306 e. The number of benzene rings is 1. The molecule has 0 aliphatic rings. The van der Waals surface area contributed by atoms with E-state index in [2.05, 4.69) is 21.2 Å². The average molecular weight is 360 g/mol. The third-order valence-corrected chi connectivity index (χ3v) is 4.49. The molecule has 110 valence electrons. The molecule has 2 N–H and O–H groups in total. The molecular weight excluding hydrogens is 342 g/mol. The Bertz CT molecular complexity index is 493. The van der Waals surface area contributed by atoms with Gasteiger partial charge < -0.3 is 10.4 Å². The second-order valence-corrected chi connectivity index (χ2v) is 6.51. The molecule has 0 saturated carbocycles. The van der Waals surface area contributed by atoms with Gasteiger partial charge in [-0.2, -0.15) is 0 Å². The fourth-order valence-electron chi connectivity index (χ4n) is 1.52. The van der Waals surface area contributed by atoms with Gasteiger partial charge in [-0.15, -0.1) is 11.8 Å². The maximum Gasteiger partial charge on any atom is 0.306 e. The number of nitrogens with one attached hydrogen (secondary N) is 1. The third-order valence-electron chi connectivity index (χ3n) is 2.82. The molecule has 0 spiro atoms. The molecule has 0 aliphatic carbocycles. The highest BCUT2D eigenvalue weighted by Gasteiger charge is 2.11. The zero-order valence-corrected chi connectivity index (χ0v) is 13.9. The van der Waals surface area contributed by atoms with Gasteiger partial charge in [-0.25, -0.2) is 0 Å². The highest BCUT2D eigenvalue weighted by Crippen LogP contribution is 2.25. The summed E-state index contributed by atoms with van der Waals surface area (Å²) in [6, 6.07) is 5.93. The van der Waals surface area contributed by atoms with Crippen LogP contribution in [0.2, 0.25) is 0 Å². The van der Waals surface area contributed by atoms with E-state index >= 15 is 0 Å². The lowest BCUT2D eigenvalue weighted by atomic mass is 10.1. The van der Waals surface area contributed by atoms with Crippen LogP contribution in [0.1, 0.15) is 18.9 Å². The van der Waals surface area contributed by atoms with Crippen LogP contribution in [-0.4, -0.2) is 29.3 Å². The quantitative estimate of drug-likeness (QED) is 0.734. The molecule has 1 rings (SSSR count). The molecule has 4 nitrogen and oxygen atoms in total. The van der Waals surface area contributed by atoms with Crippen molar-refractivity contribution < 1.29 is 14.7 Å². The van der Waals surface area contributed by atoms with E-state index in [9.17, 15) is 9.59 Å². The van der Waals surface area contributed by atoms with Gasteiger partial charge in [-0.05, 0) is 37.1 Å². The molecule has 1 atom stereocenters. The number of hydrogen-bond donors (Lipinski definition) is 2. The van der Waals surface area contributed by atoms with Gasteiger partial charge in [0.05, 0.1) is 11.7 Å². The molecule has 0 bridgehead atoms. The summed E-state index contributed by atoms with van der Waals surface area (Å²) in [5.74, 6) is -1.00. The van der Waals surface area contributed by atoms with Crippen molar-refractivity contribution in [2.24, 2.45) is 5.92 Å². The van der Waals surface area contributed by atoms with Crippen molar-refractivity contribution in [3.05, 3.63) is 28.2 Å². The van der Waals surface area contributed by atoms with Crippen molar-refractivity contribution in [2.45, 2.75) is 25.2 Å². The normalized spacial score (nSPS) is 11.9. The lowest BCUT2D eigenvalue weighted by Gasteiger charge is -2.09. The molecule has 0 radical (unpaired) electrons. The fourth-order valence-corrected chi connectivity index (χ4v) is 2.84. The molecule has 0 saturated heterocycles. The van der Waals surface area contributed by atoms with E-state index in [4.69, 9.17) is 5.11 Å². The number of carboxylic acids is 1. The maximum absolute atomic E-state index is 11.7. The van der Waals surface area contributed by atoms with Crippen molar-refractivity contribution in [3.63, 3.8) is 0 Å². The van der Waals surface area contributed by atoms with E-state index in [-0.39, 0.29) is 5.91 Å². The van der Waals surface area contributed by atoms with Crippen LogP contribution in [0.25, 0.3) is 0 Å². The average Bonchev–Trinajstić information content (AvgIpc) is 2.37. The maximum atomic E-state index is 11.7. The van der Waals surface area contributed by atoms with E-state index in [0.717, 1.165) is 14.9 Å². The molecule has 1 aromatic carbocycles. The van der Waals surface area contributed by atoms with E-state index in [1.807, 2.05) is 25.1 Å².